The topological polar surface area (TPSA) is 17.8 Å². The maximum atomic E-state index is 4.66. The van der Waals surface area contributed by atoms with Crippen molar-refractivity contribution in [1.82, 2.24) is 9.55 Å². The number of fused-ring (bicyclic) bond motifs is 7. The minimum Gasteiger partial charge on any atom is -0.293 e. The molecule has 2 nitrogen and oxygen atoms in total. The van der Waals surface area contributed by atoms with Gasteiger partial charge < -0.3 is 0 Å². The van der Waals surface area contributed by atoms with Gasteiger partial charge in [-0.15, -0.1) is 11.3 Å². The molecule has 0 spiro atoms. The minimum absolute atomic E-state index is 0.960. The molecular formula is C23H14N2S. The van der Waals surface area contributed by atoms with Crippen LogP contribution in [0.4, 0.5) is 0 Å². The number of hydrogen-bond acceptors (Lipinski definition) is 2. The summed E-state index contributed by atoms with van der Waals surface area (Å²) >= 11 is 1.86. The van der Waals surface area contributed by atoms with Crippen LogP contribution in [0.5, 0.6) is 0 Å². The lowest BCUT2D eigenvalue weighted by atomic mass is 10.1. The Morgan fingerprint density at radius 1 is 0.654 bits per heavy atom. The highest BCUT2D eigenvalue weighted by Gasteiger charge is 2.17. The zero-order valence-electron chi connectivity index (χ0n) is 13.9. The first kappa shape index (κ1) is 14.0. The molecule has 6 aromatic rings. The van der Waals surface area contributed by atoms with Crippen molar-refractivity contribution in [3.8, 4) is 5.82 Å². The van der Waals surface area contributed by atoms with Crippen LogP contribution in [0.3, 0.4) is 0 Å². The normalized spacial score (nSPS) is 11.8. The summed E-state index contributed by atoms with van der Waals surface area (Å²) in [6.07, 6.45) is 1.86. The van der Waals surface area contributed by atoms with Gasteiger partial charge in [0.15, 0.2) is 0 Å². The molecular weight excluding hydrogens is 336 g/mol. The monoisotopic (exact) mass is 350 g/mol. The second-order valence-electron chi connectivity index (χ2n) is 6.47. The fourth-order valence-corrected chi connectivity index (χ4v) is 5.10. The van der Waals surface area contributed by atoms with Crippen LogP contribution in [-0.2, 0) is 0 Å². The average Bonchev–Trinajstić information content (AvgIpc) is 3.24. The molecule has 0 amide bonds. The average molecular weight is 350 g/mol. The number of benzene rings is 3. The molecule has 3 aromatic heterocycles. The van der Waals surface area contributed by atoms with E-state index in [1.807, 2.05) is 23.6 Å². The van der Waals surface area contributed by atoms with E-state index in [1.165, 1.54) is 42.0 Å². The number of thiophene rings is 1. The van der Waals surface area contributed by atoms with Gasteiger partial charge in [0.2, 0.25) is 0 Å². The lowest BCUT2D eigenvalue weighted by Gasteiger charge is -2.07. The summed E-state index contributed by atoms with van der Waals surface area (Å²) in [5.41, 5.74) is 2.45. The van der Waals surface area contributed by atoms with Gasteiger partial charge in [0, 0.05) is 37.1 Å². The van der Waals surface area contributed by atoms with Gasteiger partial charge in [0.25, 0.3) is 0 Å². The van der Waals surface area contributed by atoms with E-state index in [9.17, 15) is 0 Å². The molecule has 0 aliphatic carbocycles. The Labute approximate surface area is 153 Å². The summed E-state index contributed by atoms with van der Waals surface area (Å²) in [4.78, 5) is 4.66. The molecule has 0 bridgehead atoms. The van der Waals surface area contributed by atoms with E-state index >= 15 is 0 Å². The third-order valence-electron chi connectivity index (χ3n) is 5.05. The summed E-state index contributed by atoms with van der Waals surface area (Å²) in [5.74, 6) is 0.960. The number of rotatable bonds is 1. The largest absolute Gasteiger partial charge is 0.293 e. The first-order valence-electron chi connectivity index (χ1n) is 8.66. The summed E-state index contributed by atoms with van der Waals surface area (Å²) in [6, 6.07) is 27.9. The number of nitrogens with zero attached hydrogens (tertiary/aromatic N) is 2. The SMILES string of the molecule is c1ccc(-n2c3ccccc3c3ccc4sc5ccccc5c4c32)nc1. The van der Waals surface area contributed by atoms with Gasteiger partial charge in [0.1, 0.15) is 5.82 Å². The highest BCUT2D eigenvalue weighted by Crippen LogP contribution is 2.42. The van der Waals surface area contributed by atoms with Crippen molar-refractivity contribution in [2.45, 2.75) is 0 Å². The smallest absolute Gasteiger partial charge is 0.137 e. The molecule has 6 rings (SSSR count). The predicted octanol–water partition coefficient (Wildman–Crippen LogP) is 6.55. The van der Waals surface area contributed by atoms with Gasteiger partial charge in [-0.25, -0.2) is 4.98 Å². The zero-order chi connectivity index (χ0) is 17.1. The standard InChI is InChI=1S/C23H14N2S/c1-3-9-18-15(7-1)16-12-13-20-22(17-8-2-4-10-19(17)26-20)23(16)25(18)21-11-5-6-14-24-21/h1-14H. The quantitative estimate of drug-likeness (QED) is 0.329. The van der Waals surface area contributed by atoms with Crippen LogP contribution in [0.1, 0.15) is 0 Å². The van der Waals surface area contributed by atoms with Gasteiger partial charge in [-0.3, -0.25) is 4.57 Å². The fourth-order valence-electron chi connectivity index (χ4n) is 3.99. The maximum absolute atomic E-state index is 4.66. The summed E-state index contributed by atoms with van der Waals surface area (Å²) in [7, 11) is 0. The van der Waals surface area contributed by atoms with Crippen molar-refractivity contribution >= 4 is 53.3 Å². The number of aromatic nitrogens is 2. The van der Waals surface area contributed by atoms with E-state index in [1.54, 1.807) is 0 Å². The van der Waals surface area contributed by atoms with E-state index in [2.05, 4.69) is 82.3 Å². The van der Waals surface area contributed by atoms with Gasteiger partial charge >= 0.3 is 0 Å². The summed E-state index contributed by atoms with van der Waals surface area (Å²) in [5, 5.41) is 5.19. The molecule has 0 aliphatic heterocycles. The second-order valence-corrected chi connectivity index (χ2v) is 7.56. The molecule has 0 fully saturated rings. The van der Waals surface area contributed by atoms with E-state index in [-0.39, 0.29) is 0 Å². The van der Waals surface area contributed by atoms with Gasteiger partial charge in [-0.2, -0.15) is 0 Å². The minimum atomic E-state index is 0.960. The second kappa shape index (κ2) is 5.16. The molecule has 3 heterocycles. The van der Waals surface area contributed by atoms with Crippen molar-refractivity contribution in [3.05, 3.63) is 85.1 Å². The molecule has 0 saturated carbocycles. The van der Waals surface area contributed by atoms with E-state index in [4.69, 9.17) is 0 Å². The van der Waals surface area contributed by atoms with E-state index in [0.717, 1.165) is 5.82 Å². The molecule has 3 aromatic carbocycles. The van der Waals surface area contributed by atoms with Gasteiger partial charge in [0.05, 0.1) is 11.0 Å². The maximum Gasteiger partial charge on any atom is 0.137 e. The van der Waals surface area contributed by atoms with Crippen LogP contribution in [0, 0.1) is 0 Å². The number of pyridine rings is 1. The van der Waals surface area contributed by atoms with Crippen LogP contribution < -0.4 is 0 Å². The Balaban J connectivity index is 1.96. The third kappa shape index (κ3) is 1.78. The van der Waals surface area contributed by atoms with Crippen LogP contribution in [-0.4, -0.2) is 9.55 Å². The lowest BCUT2D eigenvalue weighted by Crippen LogP contribution is -1.96. The van der Waals surface area contributed by atoms with Crippen LogP contribution in [0.25, 0.3) is 47.8 Å². The summed E-state index contributed by atoms with van der Waals surface area (Å²) < 4.78 is 4.96. The van der Waals surface area contributed by atoms with Crippen LogP contribution in [0.15, 0.2) is 85.1 Å². The van der Waals surface area contributed by atoms with Crippen molar-refractivity contribution in [2.75, 3.05) is 0 Å². The molecule has 0 unspecified atom stereocenters. The van der Waals surface area contributed by atoms with Crippen molar-refractivity contribution in [2.24, 2.45) is 0 Å². The highest BCUT2D eigenvalue weighted by molar-refractivity contribution is 7.26. The molecule has 122 valence electrons. The molecule has 0 atom stereocenters. The van der Waals surface area contributed by atoms with Crippen LogP contribution in [0.2, 0.25) is 0 Å². The number of para-hydroxylation sites is 1. The molecule has 0 N–H and O–H groups in total. The third-order valence-corrected chi connectivity index (χ3v) is 6.19. The Hall–Kier alpha value is -3.17. The van der Waals surface area contributed by atoms with Crippen molar-refractivity contribution in [1.29, 1.82) is 0 Å². The van der Waals surface area contributed by atoms with Crippen molar-refractivity contribution in [3.63, 3.8) is 0 Å². The molecule has 0 aliphatic rings. The molecule has 3 heteroatoms. The summed E-state index contributed by atoms with van der Waals surface area (Å²) in [6.45, 7) is 0. The number of hydrogen-bond donors (Lipinski definition) is 0. The molecule has 26 heavy (non-hydrogen) atoms. The fraction of sp³-hybridized carbons (Fsp3) is 0. The molecule has 0 radical (unpaired) electrons. The predicted molar refractivity (Wildman–Crippen MR) is 111 cm³/mol. The van der Waals surface area contributed by atoms with E-state index < -0.39 is 0 Å². The van der Waals surface area contributed by atoms with Crippen molar-refractivity contribution < 1.29 is 0 Å². The Bertz CT molecular complexity index is 1420. The Morgan fingerprint density at radius 3 is 2.35 bits per heavy atom. The molecule has 0 saturated heterocycles. The van der Waals surface area contributed by atoms with E-state index in [0.29, 0.717) is 0 Å². The Kier molecular flexibility index (Phi) is 2.79. The highest BCUT2D eigenvalue weighted by atomic mass is 32.1. The first-order chi connectivity index (χ1) is 12.9. The van der Waals surface area contributed by atoms with Crippen LogP contribution >= 0.6 is 11.3 Å². The van der Waals surface area contributed by atoms with Gasteiger partial charge in [-0.05, 0) is 30.3 Å². The Morgan fingerprint density at radius 2 is 1.46 bits per heavy atom. The first-order valence-corrected chi connectivity index (χ1v) is 9.48. The lowest BCUT2D eigenvalue weighted by molar-refractivity contribution is 1.08. The van der Waals surface area contributed by atoms with Gasteiger partial charge in [-0.1, -0.05) is 48.5 Å². The zero-order valence-corrected chi connectivity index (χ0v) is 14.7.